The summed E-state index contributed by atoms with van der Waals surface area (Å²) in [6, 6.07) is 4.19. The fraction of sp³-hybridized carbons (Fsp3) is 0.500. The first-order chi connectivity index (χ1) is 12.4. The van der Waals surface area contributed by atoms with Crippen LogP contribution in [-0.4, -0.2) is 34.2 Å². The number of nitriles is 1. The highest BCUT2D eigenvalue weighted by Gasteiger charge is 2.75. The van der Waals surface area contributed by atoms with E-state index >= 15 is 0 Å². The van der Waals surface area contributed by atoms with Gasteiger partial charge in [0, 0.05) is 6.42 Å². The molecule has 142 valence electrons. The third-order valence-corrected chi connectivity index (χ3v) is 5.98. The monoisotopic (exact) mass is 380 g/mol. The highest BCUT2D eigenvalue weighted by atomic mass is 19.4. The van der Waals surface area contributed by atoms with Crippen molar-refractivity contribution >= 4 is 17.5 Å². The molecule has 0 aliphatic carbocycles. The number of carbonyl (C=O) groups is 2. The van der Waals surface area contributed by atoms with Gasteiger partial charge in [0.15, 0.2) is 0 Å². The summed E-state index contributed by atoms with van der Waals surface area (Å²) in [5.74, 6) is -3.19. The third-order valence-electron chi connectivity index (χ3n) is 5.98. The summed E-state index contributed by atoms with van der Waals surface area (Å²) in [6.07, 6.45) is -5.59. The molecule has 3 fully saturated rings. The number of aliphatic hydroxyl groups excluding tert-OH is 1. The summed E-state index contributed by atoms with van der Waals surface area (Å²) in [7, 11) is 0. The van der Waals surface area contributed by atoms with Crippen LogP contribution in [0.5, 0.6) is 0 Å². The fourth-order valence-corrected chi connectivity index (χ4v) is 4.78. The molecule has 27 heavy (non-hydrogen) atoms. The van der Waals surface area contributed by atoms with Crippen molar-refractivity contribution in [1.82, 2.24) is 0 Å². The Balaban J connectivity index is 1.81. The van der Waals surface area contributed by atoms with Crippen molar-refractivity contribution in [2.45, 2.75) is 43.8 Å². The van der Waals surface area contributed by atoms with Crippen LogP contribution in [0.15, 0.2) is 18.2 Å². The standard InChI is InChI=1S/C18H15F3N2O4/c1-16-6-11(24)17(2,27-16)13-12(16)14(25)23(15(13)26)9-4-3-8(7-22)10(5-9)18(19,20)21/h3-5,11-13,24H,6H2,1-2H3/t11-,12+,13-,16?,17+/m0/s1. The zero-order valence-corrected chi connectivity index (χ0v) is 14.4. The number of aliphatic hydroxyl groups is 1. The second kappa shape index (κ2) is 5.09. The number of nitrogens with zero attached hydrogens (tertiary/aromatic N) is 2. The van der Waals surface area contributed by atoms with Crippen LogP contribution in [0.3, 0.4) is 0 Å². The van der Waals surface area contributed by atoms with Gasteiger partial charge in [0.25, 0.3) is 0 Å². The second-order valence-electron chi connectivity index (χ2n) is 7.63. The van der Waals surface area contributed by atoms with Crippen molar-refractivity contribution < 1.29 is 32.6 Å². The summed E-state index contributed by atoms with van der Waals surface area (Å²) < 4.78 is 45.6. The zero-order chi connectivity index (χ0) is 19.9. The van der Waals surface area contributed by atoms with Crippen LogP contribution in [0, 0.1) is 23.2 Å². The Bertz CT molecular complexity index is 924. The lowest BCUT2D eigenvalue weighted by Crippen LogP contribution is -2.49. The largest absolute Gasteiger partial charge is 0.417 e. The maximum atomic E-state index is 13.2. The van der Waals surface area contributed by atoms with E-state index in [1.54, 1.807) is 13.8 Å². The molecule has 3 heterocycles. The Labute approximate surface area is 152 Å². The number of carbonyl (C=O) groups excluding carboxylic acids is 2. The number of amides is 2. The summed E-state index contributed by atoms with van der Waals surface area (Å²) in [5, 5.41) is 19.2. The van der Waals surface area contributed by atoms with Gasteiger partial charge in [-0.1, -0.05) is 0 Å². The minimum Gasteiger partial charge on any atom is -0.390 e. The van der Waals surface area contributed by atoms with Crippen LogP contribution in [-0.2, 0) is 20.5 Å². The fourth-order valence-electron chi connectivity index (χ4n) is 4.78. The lowest BCUT2D eigenvalue weighted by Gasteiger charge is -2.31. The van der Waals surface area contributed by atoms with Crippen LogP contribution in [0.25, 0.3) is 0 Å². The van der Waals surface area contributed by atoms with Gasteiger partial charge in [0.2, 0.25) is 11.8 Å². The number of benzene rings is 1. The minimum absolute atomic E-state index is 0.165. The Hall–Kier alpha value is -2.44. The lowest BCUT2D eigenvalue weighted by molar-refractivity contribution is -0.138. The lowest BCUT2D eigenvalue weighted by atomic mass is 9.67. The molecule has 0 saturated carbocycles. The molecule has 1 aromatic carbocycles. The number of ether oxygens (including phenoxy) is 1. The summed E-state index contributed by atoms with van der Waals surface area (Å²) in [4.78, 5) is 26.6. The maximum Gasteiger partial charge on any atom is 0.417 e. The van der Waals surface area contributed by atoms with Crippen molar-refractivity contribution in [3.05, 3.63) is 29.3 Å². The first-order valence-corrected chi connectivity index (χ1v) is 8.31. The summed E-state index contributed by atoms with van der Waals surface area (Å²) in [5.41, 5.74) is -4.37. The number of hydrogen-bond acceptors (Lipinski definition) is 5. The van der Waals surface area contributed by atoms with E-state index in [1.807, 2.05) is 0 Å². The van der Waals surface area contributed by atoms with Gasteiger partial charge in [-0.3, -0.25) is 9.59 Å². The topological polar surface area (TPSA) is 90.6 Å². The number of imide groups is 1. The number of rotatable bonds is 1. The van der Waals surface area contributed by atoms with E-state index in [9.17, 15) is 27.9 Å². The van der Waals surface area contributed by atoms with E-state index in [4.69, 9.17) is 10.00 Å². The van der Waals surface area contributed by atoms with Crippen LogP contribution >= 0.6 is 0 Å². The van der Waals surface area contributed by atoms with Crippen LogP contribution in [0.2, 0.25) is 0 Å². The molecule has 4 rings (SSSR count). The van der Waals surface area contributed by atoms with E-state index in [-0.39, 0.29) is 12.1 Å². The smallest absolute Gasteiger partial charge is 0.390 e. The van der Waals surface area contributed by atoms with Gasteiger partial charge in [0.1, 0.15) is 5.60 Å². The van der Waals surface area contributed by atoms with E-state index < -0.39 is 58.3 Å². The number of fused-ring (bicyclic) bond motifs is 5. The normalized spacial score (nSPS) is 37.7. The predicted octanol–water partition coefficient (Wildman–Crippen LogP) is 1.99. The number of hydrogen-bond donors (Lipinski definition) is 1. The molecule has 6 nitrogen and oxygen atoms in total. The van der Waals surface area contributed by atoms with Crippen LogP contribution in [0.4, 0.5) is 18.9 Å². The number of anilines is 1. The first-order valence-electron chi connectivity index (χ1n) is 8.31. The highest BCUT2D eigenvalue weighted by Crippen LogP contribution is 2.61. The molecule has 5 atom stereocenters. The van der Waals surface area contributed by atoms with Gasteiger partial charge in [-0.2, -0.15) is 18.4 Å². The third kappa shape index (κ3) is 2.14. The van der Waals surface area contributed by atoms with Gasteiger partial charge in [-0.15, -0.1) is 0 Å². The molecule has 3 saturated heterocycles. The Morgan fingerprint density at radius 1 is 1.26 bits per heavy atom. The molecule has 9 heteroatoms. The molecule has 3 aliphatic rings. The summed E-state index contributed by atoms with van der Waals surface area (Å²) in [6.45, 7) is 3.17. The molecule has 3 aliphatic heterocycles. The van der Waals surface area contributed by atoms with E-state index in [0.29, 0.717) is 6.07 Å². The van der Waals surface area contributed by atoms with E-state index in [2.05, 4.69) is 0 Å². The molecule has 1 unspecified atom stereocenters. The van der Waals surface area contributed by atoms with Crippen molar-refractivity contribution in [2.75, 3.05) is 4.90 Å². The molecule has 0 spiro atoms. The van der Waals surface area contributed by atoms with Gasteiger partial charge in [-0.25, -0.2) is 4.90 Å². The van der Waals surface area contributed by atoms with E-state index in [0.717, 1.165) is 17.0 Å². The van der Waals surface area contributed by atoms with Crippen LogP contribution in [0.1, 0.15) is 31.4 Å². The minimum atomic E-state index is -4.81. The van der Waals surface area contributed by atoms with Crippen LogP contribution < -0.4 is 4.90 Å². The molecule has 2 bridgehead atoms. The van der Waals surface area contributed by atoms with Crippen molar-refractivity contribution in [2.24, 2.45) is 11.8 Å². The highest BCUT2D eigenvalue weighted by molar-refractivity contribution is 6.23. The van der Waals surface area contributed by atoms with Gasteiger partial charge < -0.3 is 9.84 Å². The van der Waals surface area contributed by atoms with Gasteiger partial charge in [0.05, 0.1) is 46.4 Å². The maximum absolute atomic E-state index is 13.2. The van der Waals surface area contributed by atoms with Crippen molar-refractivity contribution in [1.29, 1.82) is 5.26 Å². The molecular weight excluding hydrogens is 365 g/mol. The predicted molar refractivity (Wildman–Crippen MR) is 84.2 cm³/mol. The first kappa shape index (κ1) is 17.9. The quantitative estimate of drug-likeness (QED) is 0.753. The van der Waals surface area contributed by atoms with Gasteiger partial charge >= 0.3 is 6.18 Å². The van der Waals surface area contributed by atoms with Crippen molar-refractivity contribution in [3.8, 4) is 6.07 Å². The molecule has 1 aromatic rings. The Kier molecular flexibility index (Phi) is 3.38. The van der Waals surface area contributed by atoms with E-state index in [1.165, 1.54) is 6.07 Å². The molecule has 0 radical (unpaired) electrons. The number of halogens is 3. The zero-order valence-electron chi connectivity index (χ0n) is 14.4. The second-order valence-corrected chi connectivity index (χ2v) is 7.63. The molecular formula is C18H15F3N2O4. The number of alkyl halides is 3. The molecule has 1 N–H and O–H groups in total. The summed E-state index contributed by atoms with van der Waals surface area (Å²) >= 11 is 0. The van der Waals surface area contributed by atoms with Crippen molar-refractivity contribution in [3.63, 3.8) is 0 Å². The average Bonchev–Trinajstić information content (AvgIpc) is 3.07. The molecule has 2 amide bonds. The molecule has 0 aromatic heterocycles. The SMILES string of the molecule is CC12C[C@H](O)[C@@](C)(O1)[C@@H]1C(=O)N(c3ccc(C#N)c(C(F)(F)F)c3)C(=O)[C@@H]12. The Morgan fingerprint density at radius 3 is 2.48 bits per heavy atom. The van der Waals surface area contributed by atoms with Gasteiger partial charge in [-0.05, 0) is 32.0 Å². The average molecular weight is 380 g/mol. The Morgan fingerprint density at radius 2 is 1.89 bits per heavy atom.